The lowest BCUT2D eigenvalue weighted by Gasteiger charge is -2.15. The van der Waals surface area contributed by atoms with Gasteiger partial charge in [0.25, 0.3) is 0 Å². The minimum Gasteiger partial charge on any atom is -0.496 e. The molecule has 4 rings (SSSR count). The molecular formula is C23H20Cl2N4O2S. The van der Waals surface area contributed by atoms with Crippen LogP contribution in [0.3, 0.4) is 0 Å². The third-order valence-electron chi connectivity index (χ3n) is 4.82. The molecule has 0 saturated heterocycles. The summed E-state index contributed by atoms with van der Waals surface area (Å²) in [4.78, 5) is 0. The number of hydrogen-bond donors (Lipinski definition) is 2. The highest BCUT2D eigenvalue weighted by Crippen LogP contribution is 2.28. The molecule has 6 nitrogen and oxygen atoms in total. The van der Waals surface area contributed by atoms with Gasteiger partial charge in [0.2, 0.25) is 4.77 Å². The Balaban J connectivity index is 1.53. The summed E-state index contributed by atoms with van der Waals surface area (Å²) in [5, 5.41) is 8.36. The van der Waals surface area contributed by atoms with Gasteiger partial charge in [-0.2, -0.15) is 5.10 Å². The van der Waals surface area contributed by atoms with Crippen LogP contribution in [0.5, 0.6) is 11.5 Å². The molecule has 0 unspecified atom stereocenters. The molecule has 0 aliphatic carbocycles. The number of aromatic amines is 1. The van der Waals surface area contributed by atoms with E-state index in [1.807, 2.05) is 54.6 Å². The van der Waals surface area contributed by atoms with Gasteiger partial charge >= 0.3 is 0 Å². The van der Waals surface area contributed by atoms with E-state index in [1.165, 1.54) is 0 Å². The highest BCUT2D eigenvalue weighted by Gasteiger charge is 2.14. The smallest absolute Gasteiger partial charge is 0.214 e. The molecule has 0 aliphatic heterocycles. The molecule has 0 radical (unpaired) electrons. The number of nitrogens with one attached hydrogen (secondary N) is 2. The minimum absolute atomic E-state index is 0.324. The van der Waals surface area contributed by atoms with E-state index in [2.05, 4.69) is 15.6 Å². The van der Waals surface area contributed by atoms with E-state index in [4.69, 9.17) is 44.9 Å². The molecule has 9 heteroatoms. The van der Waals surface area contributed by atoms with Crippen molar-refractivity contribution in [2.75, 3.05) is 12.5 Å². The standard InChI is InChI=1S/C23H20Cl2N4O2S/c1-30-21-9-5-3-7-18(21)22-27-28-23(32)29(22)26-13-15-6-2-4-8-20(15)31-14-16-10-11-17(24)12-19(16)25/h2-12,26H,13-14H2,1H3,(H,28,32). The maximum atomic E-state index is 6.27. The number of H-pyrrole nitrogens is 1. The third-order valence-corrected chi connectivity index (χ3v) is 5.68. The Labute approximate surface area is 200 Å². The zero-order valence-corrected chi connectivity index (χ0v) is 19.5. The lowest BCUT2D eigenvalue weighted by molar-refractivity contribution is 0.303. The Bertz CT molecular complexity index is 1290. The number of halogens is 2. The van der Waals surface area contributed by atoms with Crippen LogP contribution in [0.2, 0.25) is 10.0 Å². The maximum absolute atomic E-state index is 6.27. The summed E-state index contributed by atoms with van der Waals surface area (Å²) in [6.07, 6.45) is 0. The summed E-state index contributed by atoms with van der Waals surface area (Å²) >= 11 is 17.7. The number of nitrogens with zero attached hydrogens (tertiary/aromatic N) is 2. The zero-order chi connectivity index (χ0) is 22.5. The van der Waals surface area contributed by atoms with Crippen molar-refractivity contribution < 1.29 is 9.47 Å². The fourth-order valence-corrected chi connectivity index (χ4v) is 3.86. The molecule has 0 saturated carbocycles. The molecule has 0 fully saturated rings. The van der Waals surface area contributed by atoms with Crippen LogP contribution < -0.4 is 14.9 Å². The SMILES string of the molecule is COc1ccccc1-c1n[nH]c(=S)n1NCc1ccccc1OCc1ccc(Cl)cc1Cl. The molecule has 164 valence electrons. The Kier molecular flexibility index (Phi) is 6.99. The van der Waals surface area contributed by atoms with Crippen molar-refractivity contribution in [3.8, 4) is 22.9 Å². The van der Waals surface area contributed by atoms with Crippen molar-refractivity contribution in [3.63, 3.8) is 0 Å². The van der Waals surface area contributed by atoms with Crippen molar-refractivity contribution in [2.45, 2.75) is 13.2 Å². The second-order valence-corrected chi connectivity index (χ2v) is 8.09. The monoisotopic (exact) mass is 486 g/mol. The number of hydrogen-bond acceptors (Lipinski definition) is 5. The van der Waals surface area contributed by atoms with E-state index >= 15 is 0 Å². The van der Waals surface area contributed by atoms with Crippen molar-refractivity contribution in [2.24, 2.45) is 0 Å². The van der Waals surface area contributed by atoms with Crippen molar-refractivity contribution in [3.05, 3.63) is 92.7 Å². The Hall–Kier alpha value is -3.00. The average molecular weight is 487 g/mol. The first-order valence-corrected chi connectivity index (χ1v) is 10.9. The van der Waals surface area contributed by atoms with E-state index in [-0.39, 0.29) is 0 Å². The molecule has 0 atom stereocenters. The molecule has 32 heavy (non-hydrogen) atoms. The topological polar surface area (TPSA) is 64.1 Å². The lowest BCUT2D eigenvalue weighted by atomic mass is 10.2. The van der Waals surface area contributed by atoms with Gasteiger partial charge in [0.05, 0.1) is 19.2 Å². The van der Waals surface area contributed by atoms with E-state index in [0.717, 1.165) is 22.4 Å². The Morgan fingerprint density at radius 1 is 1.00 bits per heavy atom. The lowest BCUT2D eigenvalue weighted by Crippen LogP contribution is -2.16. The molecule has 0 amide bonds. The summed E-state index contributed by atoms with van der Waals surface area (Å²) in [5.74, 6) is 2.06. The van der Waals surface area contributed by atoms with Gasteiger partial charge in [-0.05, 0) is 42.5 Å². The second kappa shape index (κ2) is 10.1. The number of methoxy groups -OCH3 is 1. The maximum Gasteiger partial charge on any atom is 0.214 e. The summed E-state index contributed by atoms with van der Waals surface area (Å²) in [6.45, 7) is 0.783. The van der Waals surface area contributed by atoms with E-state index in [0.29, 0.717) is 39.5 Å². The number of ether oxygens (including phenoxy) is 2. The van der Waals surface area contributed by atoms with Crippen LogP contribution in [0.15, 0.2) is 66.7 Å². The highest BCUT2D eigenvalue weighted by atomic mass is 35.5. The van der Waals surface area contributed by atoms with Crippen LogP contribution in [0.25, 0.3) is 11.4 Å². The molecular weight excluding hydrogens is 467 g/mol. The largest absolute Gasteiger partial charge is 0.496 e. The van der Waals surface area contributed by atoms with E-state index in [1.54, 1.807) is 23.9 Å². The predicted molar refractivity (Wildman–Crippen MR) is 130 cm³/mol. The fraction of sp³-hybridized carbons (Fsp3) is 0.130. The van der Waals surface area contributed by atoms with E-state index < -0.39 is 0 Å². The van der Waals surface area contributed by atoms with Gasteiger partial charge in [-0.1, -0.05) is 59.6 Å². The number of para-hydroxylation sites is 2. The molecule has 0 aliphatic rings. The zero-order valence-electron chi connectivity index (χ0n) is 17.1. The minimum atomic E-state index is 0.324. The third kappa shape index (κ3) is 4.91. The number of aromatic nitrogens is 3. The molecule has 1 aromatic heterocycles. The molecule has 0 bridgehead atoms. The molecule has 3 aromatic carbocycles. The van der Waals surface area contributed by atoms with Crippen LogP contribution in [0.1, 0.15) is 11.1 Å². The van der Waals surface area contributed by atoms with Gasteiger partial charge in [-0.15, -0.1) is 0 Å². The average Bonchev–Trinajstić information content (AvgIpc) is 3.17. The first kappa shape index (κ1) is 22.2. The van der Waals surface area contributed by atoms with Crippen LogP contribution in [-0.2, 0) is 13.2 Å². The quantitative estimate of drug-likeness (QED) is 0.288. The van der Waals surface area contributed by atoms with Gasteiger partial charge in [-0.3, -0.25) is 0 Å². The van der Waals surface area contributed by atoms with Gasteiger partial charge in [-0.25, -0.2) is 9.77 Å². The highest BCUT2D eigenvalue weighted by molar-refractivity contribution is 7.71. The van der Waals surface area contributed by atoms with Crippen molar-refractivity contribution in [1.82, 2.24) is 14.9 Å². The molecule has 2 N–H and O–H groups in total. The number of rotatable bonds is 8. The van der Waals surface area contributed by atoms with Gasteiger partial charge in [0, 0.05) is 21.2 Å². The van der Waals surface area contributed by atoms with Gasteiger partial charge in [0.15, 0.2) is 5.82 Å². The summed E-state index contributed by atoms with van der Waals surface area (Å²) < 4.78 is 13.7. The molecule has 1 heterocycles. The van der Waals surface area contributed by atoms with Crippen molar-refractivity contribution in [1.29, 1.82) is 0 Å². The van der Waals surface area contributed by atoms with Gasteiger partial charge in [0.1, 0.15) is 18.1 Å². The second-order valence-electron chi connectivity index (χ2n) is 6.86. The van der Waals surface area contributed by atoms with Crippen LogP contribution >= 0.6 is 35.4 Å². The van der Waals surface area contributed by atoms with Gasteiger partial charge < -0.3 is 14.9 Å². The number of benzene rings is 3. The van der Waals surface area contributed by atoms with Crippen LogP contribution in [0, 0.1) is 4.77 Å². The van der Waals surface area contributed by atoms with Crippen LogP contribution in [-0.4, -0.2) is 22.0 Å². The summed E-state index contributed by atoms with van der Waals surface area (Å²) in [6, 6.07) is 20.8. The Morgan fingerprint density at radius 2 is 1.75 bits per heavy atom. The Morgan fingerprint density at radius 3 is 2.53 bits per heavy atom. The summed E-state index contributed by atoms with van der Waals surface area (Å²) in [5.41, 5.74) is 5.95. The first-order chi connectivity index (χ1) is 15.6. The molecule has 4 aromatic rings. The normalized spacial score (nSPS) is 10.7. The van der Waals surface area contributed by atoms with E-state index in [9.17, 15) is 0 Å². The van der Waals surface area contributed by atoms with Crippen molar-refractivity contribution >= 4 is 35.4 Å². The van der Waals surface area contributed by atoms with Crippen LogP contribution in [0.4, 0.5) is 0 Å². The predicted octanol–water partition coefficient (Wildman–Crippen LogP) is 6.25. The molecule has 0 spiro atoms. The fourth-order valence-electron chi connectivity index (χ4n) is 3.20. The summed E-state index contributed by atoms with van der Waals surface area (Å²) in [7, 11) is 1.62. The first-order valence-electron chi connectivity index (χ1n) is 9.76.